The maximum Gasteiger partial charge on any atom is 0.231 e. The highest BCUT2D eigenvalue weighted by atomic mass is 79.9. The molecule has 0 saturated carbocycles. The fraction of sp³-hybridized carbons (Fsp3) is 0.300. The zero-order chi connectivity index (χ0) is 10.7. The Morgan fingerprint density at radius 2 is 1.93 bits per heavy atom. The predicted molar refractivity (Wildman–Crippen MR) is 57.5 cm³/mol. The summed E-state index contributed by atoms with van der Waals surface area (Å²) in [6.45, 7) is 1.84. The lowest BCUT2D eigenvalue weighted by Crippen LogP contribution is -1.99. The van der Waals surface area contributed by atoms with Gasteiger partial charge < -0.3 is 9.47 Å². The van der Waals surface area contributed by atoms with E-state index in [1.807, 2.05) is 6.92 Å². The number of hydrogen-bond acceptors (Lipinski definition) is 3. The van der Waals surface area contributed by atoms with E-state index in [9.17, 15) is 4.79 Å². The number of carbonyl (C=O) groups is 1. The zero-order valence-corrected chi connectivity index (χ0v) is 9.84. The van der Waals surface area contributed by atoms with Crippen LogP contribution < -0.4 is 9.47 Å². The van der Waals surface area contributed by atoms with E-state index in [-0.39, 0.29) is 4.69 Å². The minimum atomic E-state index is -0.194. The molecule has 0 aliphatic carbocycles. The molecular formula is C10H11BrO3. The summed E-state index contributed by atoms with van der Waals surface area (Å²) in [6, 6.07) is 3.41. The lowest BCUT2D eigenvalue weighted by molar-refractivity contribution is 0.109. The quantitative estimate of drug-likeness (QED) is 0.782. The number of halogens is 1. The maximum absolute atomic E-state index is 11.2. The van der Waals surface area contributed by atoms with Crippen LogP contribution in [0.4, 0.5) is 0 Å². The van der Waals surface area contributed by atoms with Gasteiger partial charge in [0.05, 0.1) is 19.8 Å². The van der Waals surface area contributed by atoms with Gasteiger partial charge in [-0.15, -0.1) is 0 Å². The number of rotatable bonds is 3. The molecule has 14 heavy (non-hydrogen) atoms. The Balaban J connectivity index is 3.35. The van der Waals surface area contributed by atoms with E-state index in [0.29, 0.717) is 17.1 Å². The lowest BCUT2D eigenvalue weighted by atomic mass is 10.1. The molecule has 0 spiro atoms. The Morgan fingerprint density at radius 1 is 1.29 bits per heavy atom. The van der Waals surface area contributed by atoms with Crippen molar-refractivity contribution >= 4 is 20.6 Å². The van der Waals surface area contributed by atoms with Crippen LogP contribution in [0.15, 0.2) is 12.1 Å². The molecule has 1 aromatic carbocycles. The molecule has 0 saturated heterocycles. The summed E-state index contributed by atoms with van der Waals surface area (Å²) < 4.78 is 10.1. The lowest BCUT2D eigenvalue weighted by Gasteiger charge is -2.11. The van der Waals surface area contributed by atoms with E-state index in [1.54, 1.807) is 19.2 Å². The van der Waals surface area contributed by atoms with Crippen LogP contribution >= 0.6 is 15.9 Å². The summed E-state index contributed by atoms with van der Waals surface area (Å²) in [5.41, 5.74) is 1.33. The van der Waals surface area contributed by atoms with Gasteiger partial charge in [-0.25, -0.2) is 0 Å². The van der Waals surface area contributed by atoms with Crippen LogP contribution in [0.2, 0.25) is 0 Å². The molecule has 0 aliphatic heterocycles. The highest BCUT2D eigenvalue weighted by molar-refractivity contribution is 9.18. The van der Waals surface area contributed by atoms with Crippen LogP contribution in [-0.2, 0) is 0 Å². The summed E-state index contributed by atoms with van der Waals surface area (Å²) in [5.74, 6) is 1.26. The van der Waals surface area contributed by atoms with Crippen molar-refractivity contribution in [1.29, 1.82) is 0 Å². The van der Waals surface area contributed by atoms with Crippen LogP contribution in [0.1, 0.15) is 15.9 Å². The van der Waals surface area contributed by atoms with Gasteiger partial charge in [-0.1, -0.05) is 0 Å². The minimum Gasteiger partial charge on any atom is -0.496 e. The van der Waals surface area contributed by atoms with Gasteiger partial charge in [-0.3, -0.25) is 4.79 Å². The third-order valence-corrected chi connectivity index (χ3v) is 2.42. The molecule has 0 aliphatic rings. The highest BCUT2D eigenvalue weighted by Crippen LogP contribution is 2.32. The number of ether oxygens (including phenoxy) is 2. The van der Waals surface area contributed by atoms with E-state index >= 15 is 0 Å². The molecule has 4 heteroatoms. The number of benzene rings is 1. The van der Waals surface area contributed by atoms with Crippen molar-refractivity contribution in [2.75, 3.05) is 14.2 Å². The second-order valence-corrected chi connectivity index (χ2v) is 3.47. The first-order valence-electron chi connectivity index (χ1n) is 4.03. The van der Waals surface area contributed by atoms with Gasteiger partial charge in [0, 0.05) is 5.56 Å². The zero-order valence-electron chi connectivity index (χ0n) is 8.26. The van der Waals surface area contributed by atoms with Crippen LogP contribution in [0, 0.1) is 6.92 Å². The Morgan fingerprint density at radius 3 is 2.36 bits per heavy atom. The molecular weight excluding hydrogens is 248 g/mol. The largest absolute Gasteiger partial charge is 0.496 e. The van der Waals surface area contributed by atoms with Crippen LogP contribution in [0.5, 0.6) is 11.5 Å². The Hall–Kier alpha value is -1.03. The third kappa shape index (κ3) is 1.90. The van der Waals surface area contributed by atoms with Crippen LogP contribution in [-0.4, -0.2) is 18.9 Å². The molecule has 0 bridgehead atoms. The SMILES string of the molecule is COc1ccc(C(=O)Br)c(OC)c1C. The average Bonchev–Trinajstić information content (AvgIpc) is 2.17. The van der Waals surface area contributed by atoms with Gasteiger partial charge >= 0.3 is 0 Å². The van der Waals surface area contributed by atoms with Crippen molar-refractivity contribution < 1.29 is 14.3 Å². The smallest absolute Gasteiger partial charge is 0.231 e. The number of carbonyl (C=O) groups excluding carboxylic acids is 1. The summed E-state index contributed by atoms with van der Waals surface area (Å²) in [5, 5.41) is 0. The fourth-order valence-corrected chi connectivity index (χ4v) is 1.62. The summed E-state index contributed by atoms with van der Waals surface area (Å²) >= 11 is 2.90. The molecule has 0 N–H and O–H groups in total. The molecule has 3 nitrogen and oxygen atoms in total. The molecule has 0 radical (unpaired) electrons. The fourth-order valence-electron chi connectivity index (χ4n) is 1.31. The molecule has 0 atom stereocenters. The highest BCUT2D eigenvalue weighted by Gasteiger charge is 2.14. The summed E-state index contributed by atoms with van der Waals surface area (Å²) in [7, 11) is 3.11. The Bertz CT molecular complexity index is 361. The molecule has 0 heterocycles. The number of methoxy groups -OCH3 is 2. The first-order valence-corrected chi connectivity index (χ1v) is 4.82. The van der Waals surface area contributed by atoms with E-state index < -0.39 is 0 Å². The molecule has 0 unspecified atom stereocenters. The standard InChI is InChI=1S/C10H11BrO3/c1-6-8(13-2)5-4-7(10(11)12)9(6)14-3/h4-5H,1-3H3. The topological polar surface area (TPSA) is 35.5 Å². The van der Waals surface area contributed by atoms with Gasteiger partial charge in [-0.05, 0) is 35.0 Å². The second kappa shape index (κ2) is 4.46. The summed E-state index contributed by atoms with van der Waals surface area (Å²) in [6.07, 6.45) is 0. The van der Waals surface area contributed by atoms with Crippen LogP contribution in [0.3, 0.4) is 0 Å². The molecule has 1 aromatic rings. The van der Waals surface area contributed by atoms with Crippen LogP contribution in [0.25, 0.3) is 0 Å². The number of hydrogen-bond donors (Lipinski definition) is 0. The maximum atomic E-state index is 11.2. The Labute approximate surface area is 91.1 Å². The van der Waals surface area contributed by atoms with Gasteiger partial charge in [0.15, 0.2) is 0 Å². The molecule has 0 amide bonds. The van der Waals surface area contributed by atoms with E-state index in [1.165, 1.54) is 7.11 Å². The van der Waals surface area contributed by atoms with Gasteiger partial charge in [0.1, 0.15) is 11.5 Å². The molecule has 76 valence electrons. The molecule has 0 fully saturated rings. The summed E-state index contributed by atoms with van der Waals surface area (Å²) in [4.78, 5) is 11.2. The molecule has 1 rings (SSSR count). The van der Waals surface area contributed by atoms with Crippen molar-refractivity contribution in [3.8, 4) is 11.5 Å². The van der Waals surface area contributed by atoms with E-state index in [2.05, 4.69) is 15.9 Å². The normalized spacial score (nSPS) is 9.71. The van der Waals surface area contributed by atoms with E-state index in [4.69, 9.17) is 9.47 Å². The van der Waals surface area contributed by atoms with Crippen molar-refractivity contribution in [3.05, 3.63) is 23.3 Å². The molecule has 0 aromatic heterocycles. The van der Waals surface area contributed by atoms with Crippen molar-refractivity contribution in [2.45, 2.75) is 6.92 Å². The van der Waals surface area contributed by atoms with Crippen molar-refractivity contribution in [2.24, 2.45) is 0 Å². The Kier molecular flexibility index (Phi) is 3.52. The van der Waals surface area contributed by atoms with Gasteiger partial charge in [-0.2, -0.15) is 0 Å². The van der Waals surface area contributed by atoms with Gasteiger partial charge in [0.2, 0.25) is 4.69 Å². The minimum absolute atomic E-state index is 0.194. The average molecular weight is 259 g/mol. The van der Waals surface area contributed by atoms with Crippen molar-refractivity contribution in [3.63, 3.8) is 0 Å². The predicted octanol–water partition coefficient (Wildman–Crippen LogP) is 2.55. The first kappa shape index (κ1) is 11.0. The second-order valence-electron chi connectivity index (χ2n) is 2.75. The van der Waals surface area contributed by atoms with Crippen molar-refractivity contribution in [1.82, 2.24) is 0 Å². The van der Waals surface area contributed by atoms with E-state index in [0.717, 1.165) is 5.56 Å². The first-order chi connectivity index (χ1) is 6.61. The monoisotopic (exact) mass is 258 g/mol. The van der Waals surface area contributed by atoms with Gasteiger partial charge in [0.25, 0.3) is 0 Å². The third-order valence-electron chi connectivity index (χ3n) is 1.99.